The van der Waals surface area contributed by atoms with E-state index in [1.54, 1.807) is 23.6 Å². The number of hydrogen-bond donors (Lipinski definition) is 1. The van der Waals surface area contributed by atoms with Gasteiger partial charge >= 0.3 is 0 Å². The first kappa shape index (κ1) is 23.1. The van der Waals surface area contributed by atoms with Crippen LogP contribution in [0.3, 0.4) is 0 Å². The SMILES string of the molecule is CCCNC(=O)c1ccc(N2CCN(Cc3cc(-c4cncc(OCC)c4)cs3)CC2)nn1. The van der Waals surface area contributed by atoms with Crippen LogP contribution in [0, 0.1) is 0 Å². The number of thiophene rings is 1. The van der Waals surface area contributed by atoms with Gasteiger partial charge in [0.2, 0.25) is 0 Å². The normalized spacial score (nSPS) is 14.3. The molecule has 9 heteroatoms. The van der Waals surface area contributed by atoms with Crippen molar-refractivity contribution in [2.45, 2.75) is 26.8 Å². The van der Waals surface area contributed by atoms with Crippen molar-refractivity contribution in [3.63, 3.8) is 0 Å². The number of anilines is 1. The minimum atomic E-state index is -0.170. The Bertz CT molecular complexity index is 1050. The van der Waals surface area contributed by atoms with E-state index < -0.39 is 0 Å². The number of nitrogens with zero attached hydrogens (tertiary/aromatic N) is 5. The van der Waals surface area contributed by atoms with Crippen LogP contribution in [0.5, 0.6) is 5.75 Å². The summed E-state index contributed by atoms with van der Waals surface area (Å²) >= 11 is 1.78. The zero-order valence-electron chi connectivity index (χ0n) is 19.2. The van der Waals surface area contributed by atoms with E-state index in [4.69, 9.17) is 4.74 Å². The zero-order valence-corrected chi connectivity index (χ0v) is 20.0. The van der Waals surface area contributed by atoms with E-state index in [9.17, 15) is 4.79 Å². The summed E-state index contributed by atoms with van der Waals surface area (Å²) in [6.07, 6.45) is 4.53. The molecule has 0 unspecified atom stereocenters. The Labute approximate surface area is 198 Å². The van der Waals surface area contributed by atoms with Gasteiger partial charge in [0, 0.05) is 55.9 Å². The fraction of sp³-hybridized carbons (Fsp3) is 0.417. The third kappa shape index (κ3) is 6.06. The molecule has 0 atom stereocenters. The molecular formula is C24H30N6O2S. The van der Waals surface area contributed by atoms with E-state index in [0.717, 1.165) is 56.3 Å². The van der Waals surface area contributed by atoms with Gasteiger partial charge in [0.1, 0.15) is 5.75 Å². The standard InChI is InChI=1S/C24H30N6O2S/c1-3-7-26-24(31)22-5-6-23(28-27-22)30-10-8-29(9-11-30)16-21-13-19(17-33-21)18-12-20(32-4-2)15-25-14-18/h5-6,12-15,17H,3-4,7-11,16H2,1-2H3,(H,26,31). The molecule has 1 aliphatic heterocycles. The van der Waals surface area contributed by atoms with Gasteiger partial charge in [0.05, 0.1) is 12.8 Å². The van der Waals surface area contributed by atoms with E-state index in [2.05, 4.69) is 41.7 Å². The molecule has 0 aliphatic carbocycles. The number of carbonyl (C=O) groups is 1. The molecule has 4 rings (SSSR count). The largest absolute Gasteiger partial charge is 0.492 e. The van der Waals surface area contributed by atoms with Crippen LogP contribution in [0.1, 0.15) is 35.6 Å². The highest BCUT2D eigenvalue weighted by molar-refractivity contribution is 7.10. The van der Waals surface area contributed by atoms with Gasteiger partial charge in [-0.05, 0) is 48.6 Å². The Hall–Kier alpha value is -3.04. The van der Waals surface area contributed by atoms with Gasteiger partial charge in [-0.3, -0.25) is 14.7 Å². The summed E-state index contributed by atoms with van der Waals surface area (Å²) < 4.78 is 5.58. The molecule has 3 aromatic rings. The minimum Gasteiger partial charge on any atom is -0.492 e. The molecule has 8 nitrogen and oxygen atoms in total. The number of nitrogens with one attached hydrogen (secondary N) is 1. The fourth-order valence-corrected chi connectivity index (χ4v) is 4.67. The molecule has 3 aromatic heterocycles. The summed E-state index contributed by atoms with van der Waals surface area (Å²) in [4.78, 5) is 22.3. The number of rotatable bonds is 9. The number of ether oxygens (including phenoxy) is 1. The summed E-state index contributed by atoms with van der Waals surface area (Å²) in [6.45, 7) is 9.88. The molecule has 1 N–H and O–H groups in total. The number of aromatic nitrogens is 3. The van der Waals surface area contributed by atoms with Crippen molar-refractivity contribution >= 4 is 23.1 Å². The Morgan fingerprint density at radius 1 is 1.09 bits per heavy atom. The first-order valence-electron chi connectivity index (χ1n) is 11.4. The van der Waals surface area contributed by atoms with Gasteiger partial charge in [-0.2, -0.15) is 0 Å². The number of pyridine rings is 1. The second-order valence-electron chi connectivity index (χ2n) is 7.94. The molecule has 1 aliphatic rings. The highest BCUT2D eigenvalue weighted by atomic mass is 32.1. The van der Waals surface area contributed by atoms with Crippen LogP contribution in [0.4, 0.5) is 5.82 Å². The molecule has 33 heavy (non-hydrogen) atoms. The van der Waals surface area contributed by atoms with E-state index >= 15 is 0 Å². The summed E-state index contributed by atoms with van der Waals surface area (Å²) in [7, 11) is 0. The Morgan fingerprint density at radius 3 is 2.67 bits per heavy atom. The van der Waals surface area contributed by atoms with Crippen molar-refractivity contribution in [1.29, 1.82) is 0 Å². The average Bonchev–Trinajstić information content (AvgIpc) is 3.32. The van der Waals surface area contributed by atoms with E-state index in [0.29, 0.717) is 18.8 Å². The lowest BCUT2D eigenvalue weighted by Gasteiger charge is -2.34. The number of amides is 1. The molecule has 0 radical (unpaired) electrons. The van der Waals surface area contributed by atoms with Crippen molar-refractivity contribution in [1.82, 2.24) is 25.4 Å². The first-order valence-corrected chi connectivity index (χ1v) is 12.3. The van der Waals surface area contributed by atoms with Crippen LogP contribution in [0.25, 0.3) is 11.1 Å². The van der Waals surface area contributed by atoms with E-state index in [1.807, 2.05) is 32.2 Å². The minimum absolute atomic E-state index is 0.170. The second-order valence-corrected chi connectivity index (χ2v) is 8.94. The number of carbonyl (C=O) groups excluding carboxylic acids is 1. The van der Waals surface area contributed by atoms with Crippen LogP contribution in [0.2, 0.25) is 0 Å². The Balaban J connectivity index is 1.29. The molecular weight excluding hydrogens is 436 g/mol. The van der Waals surface area contributed by atoms with Gasteiger partial charge in [-0.1, -0.05) is 6.92 Å². The molecule has 0 bridgehead atoms. The first-order chi connectivity index (χ1) is 16.2. The fourth-order valence-electron chi connectivity index (χ4n) is 3.74. The lowest BCUT2D eigenvalue weighted by Crippen LogP contribution is -2.46. The maximum Gasteiger partial charge on any atom is 0.271 e. The molecule has 0 spiro atoms. The Kier molecular flexibility index (Phi) is 7.85. The molecule has 1 fully saturated rings. The predicted octanol–water partition coefficient (Wildman–Crippen LogP) is 3.46. The van der Waals surface area contributed by atoms with Crippen molar-refractivity contribution in [3.05, 3.63) is 52.6 Å². The summed E-state index contributed by atoms with van der Waals surface area (Å²) in [6, 6.07) is 7.93. The molecule has 1 saturated heterocycles. The van der Waals surface area contributed by atoms with Crippen LogP contribution in [0.15, 0.2) is 42.0 Å². The van der Waals surface area contributed by atoms with Crippen LogP contribution < -0.4 is 15.0 Å². The second kappa shape index (κ2) is 11.2. The van der Waals surface area contributed by atoms with Crippen LogP contribution in [-0.2, 0) is 6.54 Å². The van der Waals surface area contributed by atoms with Crippen molar-refractivity contribution in [2.75, 3.05) is 44.2 Å². The van der Waals surface area contributed by atoms with Gasteiger partial charge in [0.15, 0.2) is 11.5 Å². The van der Waals surface area contributed by atoms with E-state index in [1.165, 1.54) is 10.4 Å². The summed E-state index contributed by atoms with van der Waals surface area (Å²) in [5.74, 6) is 1.45. The van der Waals surface area contributed by atoms with Crippen LogP contribution >= 0.6 is 11.3 Å². The number of piperazine rings is 1. The third-order valence-electron chi connectivity index (χ3n) is 5.51. The van der Waals surface area contributed by atoms with Crippen molar-refractivity contribution in [2.24, 2.45) is 0 Å². The quantitative estimate of drug-likeness (QED) is 0.517. The molecule has 174 valence electrons. The van der Waals surface area contributed by atoms with Crippen molar-refractivity contribution < 1.29 is 9.53 Å². The van der Waals surface area contributed by atoms with Gasteiger partial charge < -0.3 is 15.0 Å². The lowest BCUT2D eigenvalue weighted by molar-refractivity contribution is 0.0947. The zero-order chi connectivity index (χ0) is 23.0. The topological polar surface area (TPSA) is 83.5 Å². The lowest BCUT2D eigenvalue weighted by atomic mass is 10.1. The van der Waals surface area contributed by atoms with Gasteiger partial charge in [-0.25, -0.2) is 0 Å². The average molecular weight is 467 g/mol. The predicted molar refractivity (Wildman–Crippen MR) is 131 cm³/mol. The van der Waals surface area contributed by atoms with Gasteiger partial charge in [-0.15, -0.1) is 21.5 Å². The summed E-state index contributed by atoms with van der Waals surface area (Å²) in [5, 5.41) is 13.4. The van der Waals surface area contributed by atoms with E-state index in [-0.39, 0.29) is 5.91 Å². The Morgan fingerprint density at radius 2 is 1.94 bits per heavy atom. The highest BCUT2D eigenvalue weighted by Crippen LogP contribution is 2.28. The molecule has 4 heterocycles. The maximum atomic E-state index is 12.0. The number of hydrogen-bond acceptors (Lipinski definition) is 8. The molecule has 0 saturated carbocycles. The monoisotopic (exact) mass is 466 g/mol. The highest BCUT2D eigenvalue weighted by Gasteiger charge is 2.20. The molecule has 1 amide bonds. The van der Waals surface area contributed by atoms with Crippen molar-refractivity contribution in [3.8, 4) is 16.9 Å². The smallest absolute Gasteiger partial charge is 0.271 e. The summed E-state index contributed by atoms with van der Waals surface area (Å²) in [5.41, 5.74) is 2.63. The third-order valence-corrected chi connectivity index (χ3v) is 6.43. The molecule has 0 aromatic carbocycles. The van der Waals surface area contributed by atoms with Gasteiger partial charge in [0.25, 0.3) is 5.91 Å². The van der Waals surface area contributed by atoms with Crippen LogP contribution in [-0.4, -0.2) is 65.3 Å². The maximum absolute atomic E-state index is 12.0.